The highest BCUT2D eigenvalue weighted by Gasteiger charge is 2.09. The zero-order chi connectivity index (χ0) is 16.7. The summed E-state index contributed by atoms with van der Waals surface area (Å²) in [4.78, 5) is 8.44. The molecule has 4 rings (SSSR count). The second-order valence-electron chi connectivity index (χ2n) is 5.46. The Kier molecular flexibility index (Phi) is 3.07. The van der Waals surface area contributed by atoms with Crippen molar-refractivity contribution in [3.8, 4) is 11.8 Å². The molecule has 0 saturated heterocycles. The van der Waals surface area contributed by atoms with Crippen LogP contribution in [-0.4, -0.2) is 19.6 Å². The van der Waals surface area contributed by atoms with Crippen LogP contribution in [0.2, 0.25) is 0 Å². The molecule has 0 radical (unpaired) electrons. The molecule has 0 amide bonds. The average Bonchev–Trinajstić information content (AvgIpc) is 2.97. The molecule has 0 bridgehead atoms. The van der Waals surface area contributed by atoms with Crippen molar-refractivity contribution in [1.82, 2.24) is 19.6 Å². The molecule has 0 aliphatic heterocycles. The summed E-state index contributed by atoms with van der Waals surface area (Å²) < 4.78 is 1.79. The molecule has 4 aromatic rings. The number of hydrogen-bond donors (Lipinski definition) is 2. The van der Waals surface area contributed by atoms with E-state index in [0.29, 0.717) is 17.3 Å². The van der Waals surface area contributed by atoms with Gasteiger partial charge < -0.3 is 11.5 Å². The third-order valence-corrected chi connectivity index (χ3v) is 3.81. The minimum absolute atomic E-state index is 0.420. The van der Waals surface area contributed by atoms with Crippen LogP contribution in [0.1, 0.15) is 17.0 Å². The summed E-state index contributed by atoms with van der Waals surface area (Å²) in [5.41, 5.74) is 15.0. The van der Waals surface area contributed by atoms with E-state index in [1.54, 1.807) is 16.8 Å². The van der Waals surface area contributed by atoms with Gasteiger partial charge in [0.25, 0.3) is 0 Å². The van der Waals surface area contributed by atoms with Crippen LogP contribution in [0.3, 0.4) is 0 Å². The molecule has 6 heteroatoms. The highest BCUT2D eigenvalue weighted by atomic mass is 15.2. The summed E-state index contributed by atoms with van der Waals surface area (Å²) in [6, 6.07) is 9.58. The van der Waals surface area contributed by atoms with Gasteiger partial charge in [-0.05, 0) is 37.1 Å². The Morgan fingerprint density at radius 3 is 2.79 bits per heavy atom. The Morgan fingerprint density at radius 1 is 1.08 bits per heavy atom. The topological polar surface area (TPSA) is 95.1 Å². The Labute approximate surface area is 138 Å². The highest BCUT2D eigenvalue weighted by Crippen LogP contribution is 2.25. The van der Waals surface area contributed by atoms with Gasteiger partial charge in [0.05, 0.1) is 16.8 Å². The van der Waals surface area contributed by atoms with E-state index < -0.39 is 0 Å². The van der Waals surface area contributed by atoms with Gasteiger partial charge in [0.2, 0.25) is 0 Å². The maximum absolute atomic E-state index is 5.98. The maximum atomic E-state index is 5.98. The van der Waals surface area contributed by atoms with Crippen molar-refractivity contribution in [2.75, 3.05) is 11.5 Å². The smallest absolute Gasteiger partial charge is 0.136 e. The van der Waals surface area contributed by atoms with E-state index in [1.165, 1.54) is 0 Å². The van der Waals surface area contributed by atoms with Crippen molar-refractivity contribution >= 4 is 27.9 Å². The van der Waals surface area contributed by atoms with Gasteiger partial charge in [0.1, 0.15) is 17.3 Å². The minimum Gasteiger partial charge on any atom is -0.384 e. The van der Waals surface area contributed by atoms with Gasteiger partial charge in [-0.3, -0.25) is 0 Å². The van der Waals surface area contributed by atoms with Crippen LogP contribution in [0.5, 0.6) is 0 Å². The Morgan fingerprint density at radius 2 is 1.96 bits per heavy atom. The summed E-state index contributed by atoms with van der Waals surface area (Å²) in [6.45, 7) is 1.88. The number of nitrogens with two attached hydrogens (primary N) is 2. The molecular weight excluding hydrogens is 300 g/mol. The average molecular weight is 314 g/mol. The zero-order valence-electron chi connectivity index (χ0n) is 13.0. The normalized spacial score (nSPS) is 10.7. The van der Waals surface area contributed by atoms with Crippen LogP contribution < -0.4 is 11.5 Å². The number of fused-ring (bicyclic) bond motifs is 2. The molecule has 6 nitrogen and oxygen atoms in total. The molecular formula is C18H14N6. The van der Waals surface area contributed by atoms with Gasteiger partial charge in [-0.1, -0.05) is 12.0 Å². The zero-order valence-corrected chi connectivity index (χ0v) is 13.0. The molecule has 0 unspecified atom stereocenters. The lowest BCUT2D eigenvalue weighted by Crippen LogP contribution is -2.00. The van der Waals surface area contributed by atoms with Crippen molar-refractivity contribution in [3.05, 3.63) is 59.7 Å². The lowest BCUT2D eigenvalue weighted by molar-refractivity contribution is 0.952. The molecule has 4 heterocycles. The third kappa shape index (κ3) is 2.29. The van der Waals surface area contributed by atoms with Gasteiger partial charge >= 0.3 is 0 Å². The first-order chi connectivity index (χ1) is 11.6. The minimum atomic E-state index is 0.420. The van der Waals surface area contributed by atoms with E-state index in [4.69, 9.17) is 11.5 Å². The van der Waals surface area contributed by atoms with Gasteiger partial charge in [-0.2, -0.15) is 5.10 Å². The summed E-state index contributed by atoms with van der Waals surface area (Å²) in [6.07, 6.45) is 3.51. The van der Waals surface area contributed by atoms with E-state index in [-0.39, 0.29) is 0 Å². The molecule has 0 aliphatic carbocycles. The SMILES string of the molecule is Cc1nc(N)c2cnc(N)cc2c1C#Cc1cc2ccccn2n1. The van der Waals surface area contributed by atoms with E-state index in [9.17, 15) is 0 Å². The van der Waals surface area contributed by atoms with Gasteiger partial charge in [0, 0.05) is 23.2 Å². The number of aryl methyl sites for hydroxylation is 1. The predicted octanol–water partition coefficient (Wildman–Crippen LogP) is 2.15. The van der Waals surface area contributed by atoms with Crippen molar-refractivity contribution in [2.45, 2.75) is 6.92 Å². The highest BCUT2D eigenvalue weighted by molar-refractivity contribution is 5.96. The number of nitrogen functional groups attached to an aromatic ring is 2. The first-order valence-corrected chi connectivity index (χ1v) is 7.39. The van der Waals surface area contributed by atoms with Crippen molar-refractivity contribution in [1.29, 1.82) is 0 Å². The van der Waals surface area contributed by atoms with E-state index in [0.717, 1.165) is 27.5 Å². The molecule has 0 saturated carbocycles. The Balaban J connectivity index is 1.90. The molecule has 0 aliphatic rings. The third-order valence-electron chi connectivity index (χ3n) is 3.81. The lowest BCUT2D eigenvalue weighted by atomic mass is 10.1. The van der Waals surface area contributed by atoms with E-state index in [2.05, 4.69) is 26.9 Å². The van der Waals surface area contributed by atoms with Gasteiger partial charge in [-0.25, -0.2) is 14.5 Å². The molecule has 0 spiro atoms. The summed E-state index contributed by atoms with van der Waals surface area (Å²) in [5, 5.41) is 6.03. The first kappa shape index (κ1) is 14.0. The fourth-order valence-electron chi connectivity index (χ4n) is 2.66. The monoisotopic (exact) mass is 314 g/mol. The van der Waals surface area contributed by atoms with Crippen molar-refractivity contribution in [3.63, 3.8) is 0 Å². The first-order valence-electron chi connectivity index (χ1n) is 7.39. The fraction of sp³-hybridized carbons (Fsp3) is 0.0556. The van der Waals surface area contributed by atoms with Gasteiger partial charge in [0.15, 0.2) is 0 Å². The standard InChI is InChI=1S/C18H14N6/c1-11-14(15-9-17(19)21-10-16(15)18(20)22-11)6-5-12-8-13-4-2-3-7-24(13)23-12/h2-4,7-10H,1H3,(H2,19,21)(H2,20,22). The fourth-order valence-corrected chi connectivity index (χ4v) is 2.66. The summed E-state index contributed by atoms with van der Waals surface area (Å²) in [5.74, 6) is 7.10. The number of aromatic nitrogens is 4. The Bertz CT molecular complexity index is 1110. The van der Waals surface area contributed by atoms with Crippen LogP contribution in [0.4, 0.5) is 11.6 Å². The molecule has 0 atom stereocenters. The predicted molar refractivity (Wildman–Crippen MR) is 94.3 cm³/mol. The van der Waals surface area contributed by atoms with Crippen LogP contribution >= 0.6 is 0 Å². The number of pyridine rings is 3. The molecule has 0 aromatic carbocycles. The van der Waals surface area contributed by atoms with E-state index >= 15 is 0 Å². The van der Waals surface area contributed by atoms with Crippen LogP contribution in [0, 0.1) is 18.8 Å². The second-order valence-corrected chi connectivity index (χ2v) is 5.46. The van der Waals surface area contributed by atoms with Crippen molar-refractivity contribution in [2.24, 2.45) is 0 Å². The maximum Gasteiger partial charge on any atom is 0.136 e. The van der Waals surface area contributed by atoms with Crippen LogP contribution in [0.25, 0.3) is 16.3 Å². The quantitative estimate of drug-likeness (QED) is 0.485. The molecule has 4 N–H and O–H groups in total. The van der Waals surface area contributed by atoms with Crippen LogP contribution in [0.15, 0.2) is 42.7 Å². The number of hydrogen-bond acceptors (Lipinski definition) is 5. The number of nitrogens with zero attached hydrogens (tertiary/aromatic N) is 4. The summed E-state index contributed by atoms with van der Waals surface area (Å²) >= 11 is 0. The van der Waals surface area contributed by atoms with Crippen LogP contribution in [-0.2, 0) is 0 Å². The van der Waals surface area contributed by atoms with E-state index in [1.807, 2.05) is 37.4 Å². The molecule has 0 fully saturated rings. The lowest BCUT2D eigenvalue weighted by Gasteiger charge is -2.07. The molecule has 24 heavy (non-hydrogen) atoms. The molecule has 116 valence electrons. The second kappa shape index (κ2) is 5.25. The number of anilines is 2. The largest absolute Gasteiger partial charge is 0.384 e. The Hall–Kier alpha value is -3.59. The van der Waals surface area contributed by atoms with Crippen molar-refractivity contribution < 1.29 is 0 Å². The molecule has 4 aromatic heterocycles. The summed E-state index contributed by atoms with van der Waals surface area (Å²) in [7, 11) is 0. The van der Waals surface area contributed by atoms with Gasteiger partial charge in [-0.15, -0.1) is 0 Å². The number of rotatable bonds is 0.